The van der Waals surface area contributed by atoms with E-state index < -0.39 is 0 Å². The van der Waals surface area contributed by atoms with E-state index in [0.29, 0.717) is 11.4 Å². The molecule has 1 N–H and O–H groups in total. The molecule has 0 amide bonds. The fraction of sp³-hybridized carbons (Fsp3) is 0. The highest BCUT2D eigenvalue weighted by atomic mass is 19.1. The fourth-order valence-electron chi connectivity index (χ4n) is 1.83. The van der Waals surface area contributed by atoms with Crippen molar-refractivity contribution < 1.29 is 9.50 Å². The van der Waals surface area contributed by atoms with Crippen molar-refractivity contribution in [1.29, 1.82) is 0 Å². The number of halogens is 1. The average Bonchev–Trinajstić information content (AvgIpc) is 2.72. The summed E-state index contributed by atoms with van der Waals surface area (Å²) < 4.78 is 15.4. The van der Waals surface area contributed by atoms with Crippen molar-refractivity contribution in [2.75, 3.05) is 0 Å². The van der Waals surface area contributed by atoms with Crippen LogP contribution in [0.15, 0.2) is 48.8 Å². The Morgan fingerprint density at radius 3 is 2.82 bits per heavy atom. The molecule has 84 valence electrons. The van der Waals surface area contributed by atoms with Gasteiger partial charge in [-0.1, -0.05) is 12.1 Å². The number of hydrogen-bond acceptors (Lipinski definition) is 2. The van der Waals surface area contributed by atoms with Crippen molar-refractivity contribution in [3.63, 3.8) is 0 Å². The van der Waals surface area contributed by atoms with Gasteiger partial charge in [-0.3, -0.25) is 4.40 Å². The van der Waals surface area contributed by atoms with Gasteiger partial charge in [-0.2, -0.15) is 0 Å². The van der Waals surface area contributed by atoms with Crippen molar-refractivity contribution >= 4 is 5.52 Å². The van der Waals surface area contributed by atoms with E-state index in [1.54, 1.807) is 47.1 Å². The van der Waals surface area contributed by atoms with E-state index in [2.05, 4.69) is 4.98 Å². The van der Waals surface area contributed by atoms with Gasteiger partial charge in [0, 0.05) is 12.3 Å². The smallest absolute Gasteiger partial charge is 0.147 e. The van der Waals surface area contributed by atoms with Gasteiger partial charge in [-0.05, 0) is 18.2 Å². The van der Waals surface area contributed by atoms with Crippen LogP contribution in [0, 0.1) is 5.82 Å². The molecule has 17 heavy (non-hydrogen) atoms. The first-order valence-electron chi connectivity index (χ1n) is 5.17. The molecule has 0 aliphatic heterocycles. The van der Waals surface area contributed by atoms with E-state index in [-0.39, 0.29) is 11.6 Å². The summed E-state index contributed by atoms with van der Waals surface area (Å²) in [6.45, 7) is 0. The molecule has 0 fully saturated rings. The molecular weight excluding hydrogens is 219 g/mol. The molecule has 0 aliphatic rings. The highest BCUT2D eigenvalue weighted by Gasteiger charge is 2.10. The summed E-state index contributed by atoms with van der Waals surface area (Å²) in [5, 5.41) is 9.35. The molecular formula is C13H9FN2O. The number of imidazole rings is 1. The monoisotopic (exact) mass is 228 g/mol. The summed E-state index contributed by atoms with van der Waals surface area (Å²) in [5.41, 5.74) is 1.17. The van der Waals surface area contributed by atoms with Crippen molar-refractivity contribution in [2.24, 2.45) is 0 Å². The van der Waals surface area contributed by atoms with Gasteiger partial charge < -0.3 is 5.11 Å². The lowest BCUT2D eigenvalue weighted by Crippen LogP contribution is -1.91. The lowest BCUT2D eigenvalue weighted by molar-refractivity contribution is 0.475. The standard InChI is InChI=1S/C13H9FN2O/c14-12-4-2-1-3-11(12)13-15-8-9-7-10(17)5-6-16(9)13/h1-8,17H. The van der Waals surface area contributed by atoms with Gasteiger partial charge in [0.05, 0.1) is 17.3 Å². The molecule has 0 atom stereocenters. The van der Waals surface area contributed by atoms with E-state index in [1.165, 1.54) is 6.07 Å². The first-order valence-corrected chi connectivity index (χ1v) is 5.17. The molecule has 3 rings (SSSR count). The molecule has 0 unspecified atom stereocenters. The second-order valence-corrected chi connectivity index (χ2v) is 3.74. The summed E-state index contributed by atoms with van der Waals surface area (Å²) in [7, 11) is 0. The van der Waals surface area contributed by atoms with Gasteiger partial charge >= 0.3 is 0 Å². The minimum absolute atomic E-state index is 0.164. The molecule has 0 radical (unpaired) electrons. The Morgan fingerprint density at radius 1 is 1.18 bits per heavy atom. The summed E-state index contributed by atoms with van der Waals surface area (Å²) >= 11 is 0. The minimum atomic E-state index is -0.312. The number of aromatic hydroxyl groups is 1. The number of nitrogens with zero attached hydrogens (tertiary/aromatic N) is 2. The highest BCUT2D eigenvalue weighted by Crippen LogP contribution is 2.23. The van der Waals surface area contributed by atoms with E-state index >= 15 is 0 Å². The molecule has 0 aliphatic carbocycles. The van der Waals surface area contributed by atoms with Crippen LogP contribution < -0.4 is 0 Å². The number of fused-ring (bicyclic) bond motifs is 1. The summed E-state index contributed by atoms with van der Waals surface area (Å²) in [6.07, 6.45) is 3.26. The summed E-state index contributed by atoms with van der Waals surface area (Å²) in [6, 6.07) is 9.60. The van der Waals surface area contributed by atoms with Crippen LogP contribution in [0.5, 0.6) is 5.75 Å². The van der Waals surface area contributed by atoms with Gasteiger partial charge in [0.25, 0.3) is 0 Å². The zero-order valence-electron chi connectivity index (χ0n) is 8.84. The molecule has 3 nitrogen and oxygen atoms in total. The lowest BCUT2D eigenvalue weighted by Gasteiger charge is -2.02. The van der Waals surface area contributed by atoms with Gasteiger partial charge in [-0.15, -0.1) is 0 Å². The van der Waals surface area contributed by atoms with Gasteiger partial charge in [-0.25, -0.2) is 9.37 Å². The van der Waals surface area contributed by atoms with Crippen LogP contribution >= 0.6 is 0 Å². The first kappa shape index (κ1) is 9.84. The zero-order valence-corrected chi connectivity index (χ0v) is 8.84. The Bertz CT molecular complexity index is 691. The number of aromatic nitrogens is 2. The molecule has 4 heteroatoms. The molecule has 1 aromatic carbocycles. The van der Waals surface area contributed by atoms with Gasteiger partial charge in [0.1, 0.15) is 17.4 Å². The predicted octanol–water partition coefficient (Wildman–Crippen LogP) is 2.85. The third-order valence-electron chi connectivity index (χ3n) is 2.63. The molecule has 0 saturated carbocycles. The Labute approximate surface area is 96.8 Å². The average molecular weight is 228 g/mol. The molecule has 0 saturated heterocycles. The minimum Gasteiger partial charge on any atom is -0.508 e. The van der Waals surface area contributed by atoms with Crippen molar-refractivity contribution in [2.45, 2.75) is 0 Å². The fourth-order valence-corrected chi connectivity index (χ4v) is 1.83. The van der Waals surface area contributed by atoms with E-state index in [0.717, 1.165) is 5.52 Å². The van der Waals surface area contributed by atoms with Crippen LogP contribution in [0.4, 0.5) is 4.39 Å². The number of benzene rings is 1. The Kier molecular flexibility index (Phi) is 2.08. The molecule has 0 bridgehead atoms. The quantitative estimate of drug-likeness (QED) is 0.695. The van der Waals surface area contributed by atoms with E-state index in [9.17, 15) is 9.50 Å². The van der Waals surface area contributed by atoms with Crippen molar-refractivity contribution in [1.82, 2.24) is 9.38 Å². The van der Waals surface area contributed by atoms with Crippen LogP contribution in [0.2, 0.25) is 0 Å². The third kappa shape index (κ3) is 1.54. The van der Waals surface area contributed by atoms with Crippen LogP contribution in [0.1, 0.15) is 0 Å². The maximum absolute atomic E-state index is 13.7. The predicted molar refractivity (Wildman–Crippen MR) is 62.3 cm³/mol. The molecule has 2 aromatic heterocycles. The SMILES string of the molecule is Oc1ccn2c(-c3ccccc3F)ncc2c1. The normalized spacial score (nSPS) is 10.9. The zero-order chi connectivity index (χ0) is 11.8. The van der Waals surface area contributed by atoms with Gasteiger partial charge in [0.2, 0.25) is 0 Å². The van der Waals surface area contributed by atoms with E-state index in [1.807, 2.05) is 0 Å². The number of hydrogen-bond donors (Lipinski definition) is 1. The largest absolute Gasteiger partial charge is 0.508 e. The maximum atomic E-state index is 13.7. The second kappa shape index (κ2) is 3.59. The second-order valence-electron chi connectivity index (χ2n) is 3.74. The topological polar surface area (TPSA) is 37.5 Å². The highest BCUT2D eigenvalue weighted by molar-refractivity contribution is 5.63. The summed E-state index contributed by atoms with van der Waals surface area (Å²) in [5.74, 6) is 0.378. The first-order chi connectivity index (χ1) is 8.25. The molecule has 0 spiro atoms. The Balaban J connectivity index is 2.29. The number of rotatable bonds is 1. The van der Waals surface area contributed by atoms with Crippen LogP contribution in [0.25, 0.3) is 16.9 Å². The Hall–Kier alpha value is -2.36. The molecule has 3 aromatic rings. The van der Waals surface area contributed by atoms with Crippen LogP contribution in [-0.2, 0) is 0 Å². The maximum Gasteiger partial charge on any atom is 0.147 e. The number of pyridine rings is 1. The van der Waals surface area contributed by atoms with Crippen LogP contribution in [0.3, 0.4) is 0 Å². The summed E-state index contributed by atoms with van der Waals surface area (Å²) in [4.78, 5) is 4.18. The van der Waals surface area contributed by atoms with Crippen molar-refractivity contribution in [3.8, 4) is 17.1 Å². The Morgan fingerprint density at radius 2 is 2.00 bits per heavy atom. The van der Waals surface area contributed by atoms with E-state index in [4.69, 9.17) is 0 Å². The van der Waals surface area contributed by atoms with Crippen LogP contribution in [-0.4, -0.2) is 14.5 Å². The van der Waals surface area contributed by atoms with Crippen molar-refractivity contribution in [3.05, 3.63) is 54.6 Å². The lowest BCUT2D eigenvalue weighted by atomic mass is 10.2. The third-order valence-corrected chi connectivity index (χ3v) is 2.63. The van der Waals surface area contributed by atoms with Gasteiger partial charge in [0.15, 0.2) is 0 Å². The molecule has 2 heterocycles.